The van der Waals surface area contributed by atoms with Crippen LogP contribution in [-0.4, -0.2) is 10.5 Å². The predicted molar refractivity (Wildman–Crippen MR) is 74.1 cm³/mol. The monoisotopic (exact) mass is 246 g/mol. The van der Waals surface area contributed by atoms with Crippen molar-refractivity contribution in [1.29, 1.82) is 0 Å². The lowest BCUT2D eigenvalue weighted by Crippen LogP contribution is -2.34. The van der Waals surface area contributed by atoms with Crippen LogP contribution in [0.3, 0.4) is 0 Å². The lowest BCUT2D eigenvalue weighted by molar-refractivity contribution is 0.426. The van der Waals surface area contributed by atoms with E-state index in [9.17, 15) is 0 Å². The highest BCUT2D eigenvalue weighted by Crippen LogP contribution is 2.25. The lowest BCUT2D eigenvalue weighted by atomic mass is 10.1. The van der Waals surface area contributed by atoms with Gasteiger partial charge in [0, 0.05) is 22.5 Å². The molecule has 0 aliphatic rings. The summed E-state index contributed by atoms with van der Waals surface area (Å²) in [4.78, 5) is 5.76. The Kier molecular flexibility index (Phi) is 3.60. The molecule has 2 rings (SSSR count). The third-order valence-corrected chi connectivity index (χ3v) is 3.30. The molecule has 0 saturated heterocycles. The highest BCUT2D eigenvalue weighted by molar-refractivity contribution is 7.10. The standard InChI is InChI=1S/C14H18N2S/c1-14(2,3)16-9-12-13(15-10-17-12)11-7-5-4-6-8-11/h4-8,10,16H,9H2,1-3H3. The van der Waals surface area contributed by atoms with Crippen molar-refractivity contribution in [2.24, 2.45) is 0 Å². The first-order valence-corrected chi connectivity index (χ1v) is 6.67. The summed E-state index contributed by atoms with van der Waals surface area (Å²) in [6.07, 6.45) is 0. The molecule has 0 saturated carbocycles. The molecule has 0 aliphatic heterocycles. The molecule has 0 bridgehead atoms. The molecule has 0 spiro atoms. The zero-order valence-corrected chi connectivity index (χ0v) is 11.3. The topological polar surface area (TPSA) is 24.9 Å². The number of thiazole rings is 1. The normalized spacial score (nSPS) is 11.7. The second-order valence-corrected chi connectivity index (χ2v) is 6.03. The number of hydrogen-bond donors (Lipinski definition) is 1. The van der Waals surface area contributed by atoms with E-state index in [1.807, 2.05) is 11.6 Å². The molecule has 0 unspecified atom stereocenters. The Hall–Kier alpha value is -1.19. The van der Waals surface area contributed by atoms with Gasteiger partial charge in [0.1, 0.15) is 0 Å². The van der Waals surface area contributed by atoms with Gasteiger partial charge in [-0.1, -0.05) is 30.3 Å². The molecule has 90 valence electrons. The van der Waals surface area contributed by atoms with E-state index in [1.54, 1.807) is 11.3 Å². The van der Waals surface area contributed by atoms with Gasteiger partial charge < -0.3 is 5.32 Å². The molecule has 0 amide bonds. The minimum absolute atomic E-state index is 0.137. The van der Waals surface area contributed by atoms with Crippen LogP contribution < -0.4 is 5.32 Å². The van der Waals surface area contributed by atoms with Crippen LogP contribution in [0.25, 0.3) is 11.3 Å². The number of benzene rings is 1. The van der Waals surface area contributed by atoms with E-state index in [1.165, 1.54) is 10.4 Å². The maximum Gasteiger partial charge on any atom is 0.0856 e. The fourth-order valence-corrected chi connectivity index (χ4v) is 2.30. The summed E-state index contributed by atoms with van der Waals surface area (Å²) in [7, 11) is 0. The van der Waals surface area contributed by atoms with Gasteiger partial charge in [0.15, 0.2) is 0 Å². The zero-order valence-electron chi connectivity index (χ0n) is 10.5. The minimum atomic E-state index is 0.137. The van der Waals surface area contributed by atoms with Crippen molar-refractivity contribution < 1.29 is 0 Å². The van der Waals surface area contributed by atoms with Crippen molar-refractivity contribution in [2.45, 2.75) is 32.9 Å². The highest BCUT2D eigenvalue weighted by Gasteiger charge is 2.12. The van der Waals surface area contributed by atoms with E-state index in [-0.39, 0.29) is 5.54 Å². The zero-order chi connectivity index (χ0) is 12.3. The SMILES string of the molecule is CC(C)(C)NCc1scnc1-c1ccccc1. The van der Waals surface area contributed by atoms with Crippen LogP contribution in [0.5, 0.6) is 0 Å². The Morgan fingerprint density at radius 3 is 2.53 bits per heavy atom. The van der Waals surface area contributed by atoms with Crippen LogP contribution in [0, 0.1) is 0 Å². The molecule has 1 N–H and O–H groups in total. The van der Waals surface area contributed by atoms with E-state index in [2.05, 4.69) is 55.3 Å². The van der Waals surface area contributed by atoms with E-state index in [4.69, 9.17) is 0 Å². The summed E-state index contributed by atoms with van der Waals surface area (Å²) >= 11 is 1.71. The Morgan fingerprint density at radius 1 is 1.18 bits per heavy atom. The Morgan fingerprint density at radius 2 is 1.88 bits per heavy atom. The number of aromatic nitrogens is 1. The van der Waals surface area contributed by atoms with E-state index in [0.717, 1.165) is 12.2 Å². The van der Waals surface area contributed by atoms with Gasteiger partial charge in [-0.05, 0) is 20.8 Å². The van der Waals surface area contributed by atoms with Crippen LogP contribution in [0.2, 0.25) is 0 Å². The second kappa shape index (κ2) is 4.98. The fraction of sp³-hybridized carbons (Fsp3) is 0.357. The van der Waals surface area contributed by atoms with Crippen LogP contribution in [-0.2, 0) is 6.54 Å². The van der Waals surface area contributed by atoms with E-state index in [0.29, 0.717) is 0 Å². The summed E-state index contributed by atoms with van der Waals surface area (Å²) in [6.45, 7) is 7.40. The molecule has 0 radical (unpaired) electrons. The molecule has 1 aromatic carbocycles. The van der Waals surface area contributed by atoms with Gasteiger partial charge in [0.25, 0.3) is 0 Å². The molecule has 1 heterocycles. The number of hydrogen-bond acceptors (Lipinski definition) is 3. The number of nitrogens with one attached hydrogen (secondary N) is 1. The highest BCUT2D eigenvalue weighted by atomic mass is 32.1. The van der Waals surface area contributed by atoms with Gasteiger partial charge in [-0.25, -0.2) is 4.98 Å². The van der Waals surface area contributed by atoms with Crippen molar-refractivity contribution in [3.8, 4) is 11.3 Å². The second-order valence-electron chi connectivity index (χ2n) is 5.09. The predicted octanol–water partition coefficient (Wildman–Crippen LogP) is 3.70. The first-order valence-electron chi connectivity index (χ1n) is 5.79. The molecule has 17 heavy (non-hydrogen) atoms. The van der Waals surface area contributed by atoms with Crippen molar-refractivity contribution in [3.05, 3.63) is 40.7 Å². The summed E-state index contributed by atoms with van der Waals surface area (Å²) in [5.74, 6) is 0. The molecule has 1 aromatic heterocycles. The van der Waals surface area contributed by atoms with E-state index < -0.39 is 0 Å². The van der Waals surface area contributed by atoms with Crippen LogP contribution in [0.15, 0.2) is 35.8 Å². The largest absolute Gasteiger partial charge is 0.307 e. The minimum Gasteiger partial charge on any atom is -0.307 e. The van der Waals surface area contributed by atoms with Crippen molar-refractivity contribution in [2.75, 3.05) is 0 Å². The Bertz CT molecular complexity index is 468. The molecular formula is C14H18N2S. The lowest BCUT2D eigenvalue weighted by Gasteiger charge is -2.20. The fourth-order valence-electron chi connectivity index (χ4n) is 1.57. The Labute approximate surface area is 107 Å². The van der Waals surface area contributed by atoms with Gasteiger partial charge in [0.2, 0.25) is 0 Å². The summed E-state index contributed by atoms with van der Waals surface area (Å²) in [6, 6.07) is 10.3. The first-order chi connectivity index (χ1) is 8.06. The average Bonchev–Trinajstić information content (AvgIpc) is 2.75. The van der Waals surface area contributed by atoms with Gasteiger partial charge >= 0.3 is 0 Å². The third kappa shape index (κ3) is 3.38. The molecule has 0 atom stereocenters. The van der Waals surface area contributed by atoms with Crippen molar-refractivity contribution >= 4 is 11.3 Å². The Balaban J connectivity index is 2.18. The molecule has 0 fully saturated rings. The van der Waals surface area contributed by atoms with Gasteiger partial charge in [-0.3, -0.25) is 0 Å². The van der Waals surface area contributed by atoms with Crippen LogP contribution in [0.4, 0.5) is 0 Å². The number of nitrogens with zero attached hydrogens (tertiary/aromatic N) is 1. The van der Waals surface area contributed by atoms with Crippen LogP contribution >= 0.6 is 11.3 Å². The number of rotatable bonds is 3. The quantitative estimate of drug-likeness (QED) is 0.893. The molecular weight excluding hydrogens is 228 g/mol. The van der Waals surface area contributed by atoms with E-state index >= 15 is 0 Å². The summed E-state index contributed by atoms with van der Waals surface area (Å²) < 4.78 is 0. The van der Waals surface area contributed by atoms with Gasteiger partial charge in [0.05, 0.1) is 11.2 Å². The molecule has 2 aromatic rings. The summed E-state index contributed by atoms with van der Waals surface area (Å²) in [5.41, 5.74) is 4.35. The maximum absolute atomic E-state index is 4.47. The van der Waals surface area contributed by atoms with Gasteiger partial charge in [-0.15, -0.1) is 11.3 Å². The third-order valence-electron chi connectivity index (χ3n) is 2.47. The smallest absolute Gasteiger partial charge is 0.0856 e. The van der Waals surface area contributed by atoms with Crippen molar-refractivity contribution in [3.63, 3.8) is 0 Å². The molecule has 0 aliphatic carbocycles. The summed E-state index contributed by atoms with van der Waals surface area (Å²) in [5, 5.41) is 3.50. The molecule has 3 heteroatoms. The maximum atomic E-state index is 4.47. The first kappa shape index (κ1) is 12.3. The van der Waals surface area contributed by atoms with Crippen molar-refractivity contribution in [1.82, 2.24) is 10.3 Å². The molecule has 2 nitrogen and oxygen atoms in total. The van der Waals surface area contributed by atoms with Gasteiger partial charge in [-0.2, -0.15) is 0 Å². The average molecular weight is 246 g/mol. The van der Waals surface area contributed by atoms with Crippen LogP contribution in [0.1, 0.15) is 25.6 Å².